The SMILES string of the molecule is Cc1ccc(NC(=O)c2cnc(Nc3ccc4c(c3)OCCO4)cn2)cc1C. The number of benzene rings is 2. The molecule has 0 spiro atoms. The van der Waals surface area contributed by atoms with Gasteiger partial charge in [0.2, 0.25) is 0 Å². The van der Waals surface area contributed by atoms with Gasteiger partial charge in [0.15, 0.2) is 11.5 Å². The summed E-state index contributed by atoms with van der Waals surface area (Å²) in [6.07, 6.45) is 2.96. The minimum Gasteiger partial charge on any atom is -0.486 e. The molecule has 1 aliphatic rings. The Hall–Kier alpha value is -3.61. The monoisotopic (exact) mass is 376 g/mol. The van der Waals surface area contributed by atoms with E-state index in [2.05, 4.69) is 20.6 Å². The molecule has 0 bridgehead atoms. The summed E-state index contributed by atoms with van der Waals surface area (Å²) >= 11 is 0. The molecule has 0 saturated carbocycles. The lowest BCUT2D eigenvalue weighted by molar-refractivity contribution is 0.102. The number of anilines is 3. The van der Waals surface area contributed by atoms with Crippen LogP contribution in [0.5, 0.6) is 11.5 Å². The van der Waals surface area contributed by atoms with Crippen molar-refractivity contribution in [2.45, 2.75) is 13.8 Å². The number of aryl methyl sites for hydroxylation is 2. The minimum absolute atomic E-state index is 0.242. The molecular weight excluding hydrogens is 356 g/mol. The van der Waals surface area contributed by atoms with Gasteiger partial charge in [-0.25, -0.2) is 9.97 Å². The van der Waals surface area contributed by atoms with Crippen molar-refractivity contribution in [1.82, 2.24) is 9.97 Å². The fraction of sp³-hybridized carbons (Fsp3) is 0.190. The fourth-order valence-electron chi connectivity index (χ4n) is 2.79. The van der Waals surface area contributed by atoms with E-state index in [1.54, 1.807) is 0 Å². The van der Waals surface area contributed by atoms with Gasteiger partial charge in [0.05, 0.1) is 12.4 Å². The van der Waals surface area contributed by atoms with Gasteiger partial charge in [0, 0.05) is 17.4 Å². The van der Waals surface area contributed by atoms with E-state index < -0.39 is 0 Å². The first-order chi connectivity index (χ1) is 13.6. The molecule has 2 aromatic carbocycles. The van der Waals surface area contributed by atoms with E-state index in [-0.39, 0.29) is 11.6 Å². The Labute approximate surface area is 162 Å². The maximum atomic E-state index is 12.4. The predicted octanol–water partition coefficient (Wildman–Crippen LogP) is 3.86. The Morgan fingerprint density at radius 2 is 1.68 bits per heavy atom. The second-order valence-electron chi connectivity index (χ2n) is 6.52. The number of ether oxygens (including phenoxy) is 2. The van der Waals surface area contributed by atoms with E-state index >= 15 is 0 Å². The van der Waals surface area contributed by atoms with Gasteiger partial charge in [0.25, 0.3) is 5.91 Å². The van der Waals surface area contributed by atoms with E-state index in [4.69, 9.17) is 9.47 Å². The number of hydrogen-bond acceptors (Lipinski definition) is 6. The number of carbonyl (C=O) groups is 1. The summed E-state index contributed by atoms with van der Waals surface area (Å²) in [4.78, 5) is 20.9. The predicted molar refractivity (Wildman–Crippen MR) is 107 cm³/mol. The van der Waals surface area contributed by atoms with Gasteiger partial charge in [-0.05, 0) is 49.2 Å². The number of nitrogens with one attached hydrogen (secondary N) is 2. The van der Waals surface area contributed by atoms with E-state index in [1.807, 2.05) is 50.2 Å². The summed E-state index contributed by atoms with van der Waals surface area (Å²) in [6.45, 7) is 5.11. The van der Waals surface area contributed by atoms with E-state index in [0.717, 1.165) is 22.7 Å². The summed E-state index contributed by atoms with van der Waals surface area (Å²) < 4.78 is 11.1. The first-order valence-electron chi connectivity index (χ1n) is 8.96. The Morgan fingerprint density at radius 3 is 2.43 bits per heavy atom. The molecule has 1 amide bonds. The van der Waals surface area contributed by atoms with Crippen LogP contribution in [0.25, 0.3) is 0 Å². The van der Waals surface area contributed by atoms with Gasteiger partial charge in [-0.15, -0.1) is 0 Å². The fourth-order valence-corrected chi connectivity index (χ4v) is 2.79. The highest BCUT2D eigenvalue weighted by molar-refractivity contribution is 6.02. The third-order valence-electron chi connectivity index (χ3n) is 4.46. The highest BCUT2D eigenvalue weighted by Crippen LogP contribution is 2.33. The first kappa shape index (κ1) is 17.8. The second kappa shape index (κ2) is 7.56. The first-order valence-corrected chi connectivity index (χ1v) is 8.96. The zero-order valence-electron chi connectivity index (χ0n) is 15.7. The van der Waals surface area contributed by atoms with Crippen LogP contribution in [0.1, 0.15) is 21.6 Å². The molecule has 1 aromatic heterocycles. The molecule has 0 atom stereocenters. The third-order valence-corrected chi connectivity index (χ3v) is 4.46. The van der Waals surface area contributed by atoms with Crippen molar-refractivity contribution in [2.75, 3.05) is 23.8 Å². The normalized spacial score (nSPS) is 12.4. The lowest BCUT2D eigenvalue weighted by Crippen LogP contribution is -2.15. The molecule has 0 fully saturated rings. The molecule has 2 heterocycles. The summed E-state index contributed by atoms with van der Waals surface area (Å²) in [7, 11) is 0. The maximum absolute atomic E-state index is 12.4. The van der Waals surface area contributed by atoms with Gasteiger partial charge in [-0.3, -0.25) is 4.79 Å². The van der Waals surface area contributed by atoms with Crippen LogP contribution in [0.2, 0.25) is 0 Å². The van der Waals surface area contributed by atoms with Crippen LogP contribution in [-0.4, -0.2) is 29.1 Å². The third kappa shape index (κ3) is 3.88. The molecule has 0 unspecified atom stereocenters. The van der Waals surface area contributed by atoms with Gasteiger partial charge >= 0.3 is 0 Å². The Balaban J connectivity index is 1.43. The molecule has 7 nitrogen and oxygen atoms in total. The molecular formula is C21H20N4O3. The lowest BCUT2D eigenvalue weighted by atomic mass is 10.1. The van der Waals surface area contributed by atoms with Crippen LogP contribution in [-0.2, 0) is 0 Å². The average molecular weight is 376 g/mol. The average Bonchev–Trinajstić information content (AvgIpc) is 2.71. The number of rotatable bonds is 4. The van der Waals surface area contributed by atoms with Crippen molar-refractivity contribution < 1.29 is 14.3 Å². The molecule has 1 aliphatic heterocycles. The number of hydrogen-bond donors (Lipinski definition) is 2. The van der Waals surface area contributed by atoms with Gasteiger partial charge < -0.3 is 20.1 Å². The molecule has 7 heteroatoms. The number of nitrogens with zero attached hydrogens (tertiary/aromatic N) is 2. The standard InChI is InChI=1S/C21H20N4O3/c1-13-3-4-15(9-14(13)2)25-21(26)17-11-23-20(12-22-17)24-16-5-6-18-19(10-16)28-8-7-27-18/h3-6,9-12H,7-8H2,1-2H3,(H,23,24)(H,25,26). The van der Waals surface area contributed by atoms with Crippen LogP contribution in [0, 0.1) is 13.8 Å². The lowest BCUT2D eigenvalue weighted by Gasteiger charge is -2.19. The zero-order valence-corrected chi connectivity index (χ0v) is 15.7. The van der Waals surface area contributed by atoms with Crippen molar-refractivity contribution in [3.63, 3.8) is 0 Å². The van der Waals surface area contributed by atoms with Crippen LogP contribution in [0.4, 0.5) is 17.2 Å². The Morgan fingerprint density at radius 1 is 0.893 bits per heavy atom. The van der Waals surface area contributed by atoms with Gasteiger partial charge in [-0.2, -0.15) is 0 Å². The topological polar surface area (TPSA) is 85.4 Å². The number of fused-ring (bicyclic) bond motifs is 1. The summed E-state index contributed by atoms with van der Waals surface area (Å²) in [6, 6.07) is 11.3. The zero-order chi connectivity index (χ0) is 19.5. The maximum Gasteiger partial charge on any atom is 0.275 e. The Bertz CT molecular complexity index is 1020. The van der Waals surface area contributed by atoms with Crippen molar-refractivity contribution in [1.29, 1.82) is 0 Å². The van der Waals surface area contributed by atoms with Crippen LogP contribution in [0.3, 0.4) is 0 Å². The number of aromatic nitrogens is 2. The van der Waals surface area contributed by atoms with E-state index in [1.165, 1.54) is 18.0 Å². The quantitative estimate of drug-likeness (QED) is 0.719. The summed E-state index contributed by atoms with van der Waals surface area (Å²) in [5.74, 6) is 1.64. The van der Waals surface area contributed by atoms with Crippen molar-refractivity contribution >= 4 is 23.1 Å². The van der Waals surface area contributed by atoms with Crippen molar-refractivity contribution in [3.05, 3.63) is 65.6 Å². The number of carbonyl (C=O) groups excluding carboxylic acids is 1. The molecule has 0 aliphatic carbocycles. The second-order valence-corrected chi connectivity index (χ2v) is 6.52. The van der Waals surface area contributed by atoms with Gasteiger partial charge in [0.1, 0.15) is 24.7 Å². The van der Waals surface area contributed by atoms with Crippen molar-refractivity contribution in [3.8, 4) is 11.5 Å². The summed E-state index contributed by atoms with van der Waals surface area (Å²) in [5, 5.41) is 5.98. The van der Waals surface area contributed by atoms with E-state index in [9.17, 15) is 4.79 Å². The smallest absolute Gasteiger partial charge is 0.275 e. The van der Waals surface area contributed by atoms with E-state index in [0.29, 0.717) is 24.8 Å². The largest absolute Gasteiger partial charge is 0.486 e. The van der Waals surface area contributed by atoms with Crippen LogP contribution < -0.4 is 20.1 Å². The Kier molecular flexibility index (Phi) is 4.80. The van der Waals surface area contributed by atoms with Crippen LogP contribution in [0.15, 0.2) is 48.8 Å². The molecule has 2 N–H and O–H groups in total. The van der Waals surface area contributed by atoms with Crippen molar-refractivity contribution in [2.24, 2.45) is 0 Å². The molecule has 3 aromatic rings. The highest BCUT2D eigenvalue weighted by atomic mass is 16.6. The van der Waals surface area contributed by atoms with Gasteiger partial charge in [-0.1, -0.05) is 6.07 Å². The molecule has 28 heavy (non-hydrogen) atoms. The molecule has 4 rings (SSSR count). The van der Waals surface area contributed by atoms with Crippen LogP contribution >= 0.6 is 0 Å². The molecule has 0 saturated heterocycles. The summed E-state index contributed by atoms with van der Waals surface area (Å²) in [5.41, 5.74) is 4.06. The molecule has 142 valence electrons. The minimum atomic E-state index is -0.304. The number of amides is 1. The molecule has 0 radical (unpaired) electrons. The highest BCUT2D eigenvalue weighted by Gasteiger charge is 2.13.